The van der Waals surface area contributed by atoms with Crippen molar-refractivity contribution in [1.82, 2.24) is 4.90 Å². The standard InChI is InChI=1S/C27H32N2O4/c1-5-20(2)29(27(30)28-23-12-9-13-24(17-23)31-3)18-22-14-15-25(26(16-22)32-4)33-19-21-10-7-6-8-11-21/h6-17,20H,5,18-19H2,1-4H3,(H,28,30). The SMILES string of the molecule is CCC(C)N(Cc1ccc(OCc2ccccc2)c(OC)c1)C(=O)Nc1cccc(OC)c1. The summed E-state index contributed by atoms with van der Waals surface area (Å²) in [6.07, 6.45) is 0.834. The lowest BCUT2D eigenvalue weighted by atomic mass is 10.1. The van der Waals surface area contributed by atoms with Crippen molar-refractivity contribution < 1.29 is 19.0 Å². The molecule has 3 aromatic carbocycles. The number of carbonyl (C=O) groups is 1. The number of methoxy groups -OCH3 is 2. The van der Waals surface area contributed by atoms with Gasteiger partial charge in [0.05, 0.1) is 14.2 Å². The molecular formula is C27H32N2O4. The highest BCUT2D eigenvalue weighted by atomic mass is 16.5. The molecule has 0 radical (unpaired) electrons. The minimum absolute atomic E-state index is 0.0515. The number of rotatable bonds is 10. The highest BCUT2D eigenvalue weighted by molar-refractivity contribution is 5.89. The maximum Gasteiger partial charge on any atom is 0.322 e. The molecule has 0 saturated carbocycles. The van der Waals surface area contributed by atoms with Crippen LogP contribution in [0.25, 0.3) is 0 Å². The number of hydrogen-bond donors (Lipinski definition) is 1. The molecule has 6 heteroatoms. The minimum atomic E-state index is -0.166. The maximum absolute atomic E-state index is 13.1. The summed E-state index contributed by atoms with van der Waals surface area (Å²) >= 11 is 0. The number of nitrogens with one attached hydrogen (secondary N) is 1. The van der Waals surface area contributed by atoms with Gasteiger partial charge in [0, 0.05) is 24.3 Å². The lowest BCUT2D eigenvalue weighted by molar-refractivity contribution is 0.187. The molecule has 0 aliphatic carbocycles. The zero-order valence-corrected chi connectivity index (χ0v) is 19.7. The van der Waals surface area contributed by atoms with Crippen LogP contribution in [-0.2, 0) is 13.2 Å². The summed E-state index contributed by atoms with van der Waals surface area (Å²) in [6.45, 7) is 5.01. The third-order valence-electron chi connectivity index (χ3n) is 5.52. The molecule has 33 heavy (non-hydrogen) atoms. The molecule has 0 heterocycles. The summed E-state index contributed by atoms with van der Waals surface area (Å²) in [6, 6.07) is 23.0. The van der Waals surface area contributed by atoms with Gasteiger partial charge in [-0.1, -0.05) is 49.4 Å². The van der Waals surface area contributed by atoms with Crippen molar-refractivity contribution in [1.29, 1.82) is 0 Å². The van der Waals surface area contributed by atoms with Crippen molar-refractivity contribution >= 4 is 11.7 Å². The van der Waals surface area contributed by atoms with Crippen LogP contribution in [0, 0.1) is 0 Å². The van der Waals surface area contributed by atoms with Crippen molar-refractivity contribution in [3.63, 3.8) is 0 Å². The summed E-state index contributed by atoms with van der Waals surface area (Å²) in [5, 5.41) is 2.98. The van der Waals surface area contributed by atoms with E-state index in [0.717, 1.165) is 17.5 Å². The van der Waals surface area contributed by atoms with Crippen LogP contribution >= 0.6 is 0 Å². The fourth-order valence-electron chi connectivity index (χ4n) is 3.41. The van der Waals surface area contributed by atoms with E-state index in [4.69, 9.17) is 14.2 Å². The van der Waals surface area contributed by atoms with Crippen LogP contribution in [0.1, 0.15) is 31.4 Å². The molecule has 0 fully saturated rings. The zero-order valence-electron chi connectivity index (χ0n) is 19.7. The van der Waals surface area contributed by atoms with Crippen molar-refractivity contribution in [2.45, 2.75) is 39.5 Å². The van der Waals surface area contributed by atoms with Gasteiger partial charge >= 0.3 is 6.03 Å². The molecule has 0 spiro atoms. The van der Waals surface area contributed by atoms with Crippen LogP contribution in [0.2, 0.25) is 0 Å². The summed E-state index contributed by atoms with van der Waals surface area (Å²) in [7, 11) is 3.23. The predicted octanol–water partition coefficient (Wildman–Crippen LogP) is 6.12. The van der Waals surface area contributed by atoms with Crippen molar-refractivity contribution in [2.75, 3.05) is 19.5 Å². The van der Waals surface area contributed by atoms with E-state index < -0.39 is 0 Å². The number of hydrogen-bond acceptors (Lipinski definition) is 4. The number of nitrogens with zero attached hydrogens (tertiary/aromatic N) is 1. The van der Waals surface area contributed by atoms with Gasteiger partial charge in [0.25, 0.3) is 0 Å². The predicted molar refractivity (Wildman–Crippen MR) is 131 cm³/mol. The Balaban J connectivity index is 1.73. The van der Waals surface area contributed by atoms with E-state index in [2.05, 4.69) is 12.2 Å². The first-order valence-corrected chi connectivity index (χ1v) is 11.1. The minimum Gasteiger partial charge on any atom is -0.497 e. The van der Waals surface area contributed by atoms with Crippen molar-refractivity contribution in [3.8, 4) is 17.2 Å². The Kier molecular flexibility index (Phi) is 8.58. The topological polar surface area (TPSA) is 60.0 Å². The van der Waals surface area contributed by atoms with Gasteiger partial charge in [0.15, 0.2) is 11.5 Å². The first-order chi connectivity index (χ1) is 16.0. The Morgan fingerprint density at radius 2 is 1.70 bits per heavy atom. The van der Waals surface area contributed by atoms with E-state index in [1.54, 1.807) is 20.3 Å². The van der Waals surface area contributed by atoms with Gasteiger partial charge < -0.3 is 24.4 Å². The van der Waals surface area contributed by atoms with Gasteiger partial charge in [0.1, 0.15) is 12.4 Å². The number of urea groups is 1. The summed E-state index contributed by atoms with van der Waals surface area (Å²) in [5.74, 6) is 2.00. The van der Waals surface area contributed by atoms with Gasteiger partial charge in [-0.05, 0) is 48.7 Å². The molecule has 0 bridgehead atoms. The van der Waals surface area contributed by atoms with Crippen LogP contribution < -0.4 is 19.5 Å². The van der Waals surface area contributed by atoms with Crippen LogP contribution in [-0.4, -0.2) is 31.2 Å². The van der Waals surface area contributed by atoms with E-state index in [1.165, 1.54) is 0 Å². The molecule has 0 aromatic heterocycles. The first-order valence-electron chi connectivity index (χ1n) is 11.1. The van der Waals surface area contributed by atoms with Crippen LogP contribution in [0.15, 0.2) is 72.8 Å². The lowest BCUT2D eigenvalue weighted by Gasteiger charge is -2.29. The Morgan fingerprint density at radius 3 is 2.39 bits per heavy atom. The molecule has 174 valence electrons. The zero-order chi connectivity index (χ0) is 23.6. The Bertz CT molecular complexity index is 1040. The number of benzene rings is 3. The molecule has 0 saturated heterocycles. The molecule has 2 amide bonds. The van der Waals surface area contributed by atoms with Gasteiger partial charge in [0.2, 0.25) is 0 Å². The molecule has 1 unspecified atom stereocenters. The largest absolute Gasteiger partial charge is 0.497 e. The highest BCUT2D eigenvalue weighted by Gasteiger charge is 2.20. The number of carbonyl (C=O) groups excluding carboxylic acids is 1. The molecule has 3 rings (SSSR count). The van der Waals surface area contributed by atoms with E-state index in [-0.39, 0.29) is 12.1 Å². The average molecular weight is 449 g/mol. The van der Waals surface area contributed by atoms with E-state index in [1.807, 2.05) is 78.6 Å². The van der Waals surface area contributed by atoms with Crippen LogP contribution in [0.3, 0.4) is 0 Å². The molecule has 1 N–H and O–H groups in total. The van der Waals surface area contributed by atoms with E-state index in [0.29, 0.717) is 36.1 Å². The third-order valence-corrected chi connectivity index (χ3v) is 5.52. The number of anilines is 1. The van der Waals surface area contributed by atoms with Crippen molar-refractivity contribution in [3.05, 3.63) is 83.9 Å². The lowest BCUT2D eigenvalue weighted by Crippen LogP contribution is -2.40. The van der Waals surface area contributed by atoms with E-state index in [9.17, 15) is 4.79 Å². The highest BCUT2D eigenvalue weighted by Crippen LogP contribution is 2.30. The molecule has 0 aliphatic heterocycles. The molecule has 6 nitrogen and oxygen atoms in total. The fourth-order valence-corrected chi connectivity index (χ4v) is 3.41. The van der Waals surface area contributed by atoms with Gasteiger partial charge in [-0.25, -0.2) is 4.79 Å². The fraction of sp³-hybridized carbons (Fsp3) is 0.296. The Labute approximate surface area is 196 Å². The number of amides is 2. The van der Waals surface area contributed by atoms with Gasteiger partial charge in [-0.15, -0.1) is 0 Å². The molecule has 0 aliphatic rings. The summed E-state index contributed by atoms with van der Waals surface area (Å²) in [4.78, 5) is 14.9. The van der Waals surface area contributed by atoms with Crippen molar-refractivity contribution in [2.24, 2.45) is 0 Å². The Morgan fingerprint density at radius 1 is 0.909 bits per heavy atom. The monoisotopic (exact) mass is 448 g/mol. The average Bonchev–Trinajstić information content (AvgIpc) is 2.86. The quantitative estimate of drug-likeness (QED) is 0.406. The second-order valence-corrected chi connectivity index (χ2v) is 7.81. The van der Waals surface area contributed by atoms with Crippen LogP contribution in [0.5, 0.6) is 17.2 Å². The normalized spacial score (nSPS) is 11.4. The summed E-state index contributed by atoms with van der Waals surface area (Å²) < 4.78 is 16.8. The maximum atomic E-state index is 13.1. The smallest absolute Gasteiger partial charge is 0.322 e. The second-order valence-electron chi connectivity index (χ2n) is 7.81. The Hall–Kier alpha value is -3.67. The summed E-state index contributed by atoms with van der Waals surface area (Å²) in [5.41, 5.74) is 2.73. The van der Waals surface area contributed by atoms with Gasteiger partial charge in [-0.2, -0.15) is 0 Å². The van der Waals surface area contributed by atoms with E-state index >= 15 is 0 Å². The molecular weight excluding hydrogens is 416 g/mol. The third kappa shape index (κ3) is 6.65. The number of ether oxygens (including phenoxy) is 3. The van der Waals surface area contributed by atoms with Gasteiger partial charge in [-0.3, -0.25) is 0 Å². The molecule has 1 atom stereocenters. The first kappa shape index (κ1) is 24.0. The van der Waals surface area contributed by atoms with Crippen LogP contribution in [0.4, 0.5) is 10.5 Å². The molecule has 3 aromatic rings. The second kappa shape index (κ2) is 11.8.